The van der Waals surface area contributed by atoms with Gasteiger partial charge in [-0.15, -0.1) is 11.3 Å². The fraction of sp³-hybridized carbons (Fsp3) is 0.0952. The first-order valence-electron chi connectivity index (χ1n) is 8.53. The van der Waals surface area contributed by atoms with Crippen LogP contribution in [-0.2, 0) is 16.0 Å². The van der Waals surface area contributed by atoms with Crippen LogP contribution in [0.3, 0.4) is 0 Å². The summed E-state index contributed by atoms with van der Waals surface area (Å²) in [5, 5.41) is 2.46. The predicted molar refractivity (Wildman–Crippen MR) is 108 cm³/mol. The van der Waals surface area contributed by atoms with Crippen molar-refractivity contribution in [3.63, 3.8) is 0 Å². The maximum Gasteiger partial charge on any atom is 0.262 e. The lowest BCUT2D eigenvalue weighted by Gasteiger charge is -2.04. The molecule has 28 heavy (non-hydrogen) atoms. The summed E-state index contributed by atoms with van der Waals surface area (Å²) in [5.41, 5.74) is 8.06. The maximum absolute atomic E-state index is 13.0. The van der Waals surface area contributed by atoms with Gasteiger partial charge < -0.3 is 0 Å². The number of amides is 2. The molecule has 0 atom stereocenters. The van der Waals surface area contributed by atoms with Crippen LogP contribution < -0.4 is 10.9 Å². The van der Waals surface area contributed by atoms with E-state index in [2.05, 4.69) is 15.8 Å². The van der Waals surface area contributed by atoms with Crippen LogP contribution in [0.2, 0.25) is 0 Å². The molecule has 2 aromatic carbocycles. The van der Waals surface area contributed by atoms with Crippen molar-refractivity contribution in [2.75, 3.05) is 0 Å². The van der Waals surface area contributed by atoms with Gasteiger partial charge in [0.1, 0.15) is 10.8 Å². The maximum atomic E-state index is 13.0. The Bertz CT molecular complexity index is 1010. The molecule has 2 N–H and O–H groups in total. The molecule has 1 aromatic heterocycles. The lowest BCUT2D eigenvalue weighted by atomic mass is 10.1. The van der Waals surface area contributed by atoms with Gasteiger partial charge in [0, 0.05) is 17.0 Å². The standard InChI is InChI=1S/C21H18FN3O2S/c1-14-3-2-4-15(11-14)5-10-19(26)24-25-20(27)12-18-13-28-21(23-18)16-6-8-17(22)9-7-16/h2-11,13H,12H2,1H3,(H,24,26)(H,25,27)/b10-5+. The van der Waals surface area contributed by atoms with Crippen LogP contribution >= 0.6 is 11.3 Å². The molecule has 0 fully saturated rings. The van der Waals surface area contributed by atoms with Gasteiger partial charge >= 0.3 is 0 Å². The minimum absolute atomic E-state index is 0.0274. The summed E-state index contributed by atoms with van der Waals surface area (Å²) in [7, 11) is 0. The van der Waals surface area contributed by atoms with Crippen molar-refractivity contribution in [1.29, 1.82) is 0 Å². The van der Waals surface area contributed by atoms with Crippen LogP contribution in [0.5, 0.6) is 0 Å². The van der Waals surface area contributed by atoms with E-state index < -0.39 is 5.91 Å². The highest BCUT2D eigenvalue weighted by Gasteiger charge is 2.09. The molecule has 7 heteroatoms. The summed E-state index contributed by atoms with van der Waals surface area (Å²) in [6.07, 6.45) is 3.05. The van der Waals surface area contributed by atoms with Gasteiger partial charge in [-0.25, -0.2) is 9.37 Å². The van der Waals surface area contributed by atoms with E-state index in [9.17, 15) is 14.0 Å². The zero-order chi connectivity index (χ0) is 19.9. The Labute approximate surface area is 165 Å². The number of aromatic nitrogens is 1. The van der Waals surface area contributed by atoms with Gasteiger partial charge in [0.25, 0.3) is 5.91 Å². The molecule has 0 saturated heterocycles. The number of hydrogen-bond donors (Lipinski definition) is 2. The third-order valence-electron chi connectivity index (χ3n) is 3.78. The zero-order valence-electron chi connectivity index (χ0n) is 15.1. The third-order valence-corrected chi connectivity index (χ3v) is 4.72. The van der Waals surface area contributed by atoms with Gasteiger partial charge in [-0.05, 0) is 42.8 Å². The number of carbonyl (C=O) groups is 2. The fourth-order valence-corrected chi connectivity index (χ4v) is 3.27. The Hall–Kier alpha value is -3.32. The van der Waals surface area contributed by atoms with E-state index in [1.807, 2.05) is 31.2 Å². The number of hydrazine groups is 1. The van der Waals surface area contributed by atoms with E-state index in [4.69, 9.17) is 0 Å². The van der Waals surface area contributed by atoms with E-state index in [1.54, 1.807) is 23.6 Å². The number of aryl methyl sites for hydroxylation is 1. The number of halogens is 1. The lowest BCUT2D eigenvalue weighted by molar-refractivity contribution is -0.126. The second-order valence-corrected chi connectivity index (χ2v) is 6.97. The molecule has 0 saturated carbocycles. The normalized spacial score (nSPS) is 10.8. The van der Waals surface area contributed by atoms with Crippen molar-refractivity contribution in [2.24, 2.45) is 0 Å². The summed E-state index contributed by atoms with van der Waals surface area (Å²) in [6, 6.07) is 13.7. The Morgan fingerprint density at radius 3 is 2.68 bits per heavy atom. The molecule has 0 bridgehead atoms. The molecule has 1 heterocycles. The number of carbonyl (C=O) groups excluding carboxylic acids is 2. The second-order valence-electron chi connectivity index (χ2n) is 6.11. The molecule has 0 radical (unpaired) electrons. The van der Waals surface area contributed by atoms with Crippen molar-refractivity contribution in [3.05, 3.63) is 82.6 Å². The smallest absolute Gasteiger partial charge is 0.262 e. The molecule has 0 aliphatic heterocycles. The first-order valence-corrected chi connectivity index (χ1v) is 9.41. The van der Waals surface area contributed by atoms with Gasteiger partial charge in [0.15, 0.2) is 0 Å². The molecule has 2 amide bonds. The molecule has 5 nitrogen and oxygen atoms in total. The topological polar surface area (TPSA) is 71.1 Å². The fourth-order valence-electron chi connectivity index (χ4n) is 2.44. The Kier molecular flexibility index (Phi) is 6.29. The number of benzene rings is 2. The molecule has 3 rings (SSSR count). The van der Waals surface area contributed by atoms with E-state index in [0.717, 1.165) is 16.7 Å². The summed E-state index contributed by atoms with van der Waals surface area (Å²) in [4.78, 5) is 28.2. The number of nitrogens with zero attached hydrogens (tertiary/aromatic N) is 1. The van der Waals surface area contributed by atoms with Crippen molar-refractivity contribution < 1.29 is 14.0 Å². The lowest BCUT2D eigenvalue weighted by Crippen LogP contribution is -2.41. The van der Waals surface area contributed by atoms with Crippen molar-refractivity contribution in [1.82, 2.24) is 15.8 Å². The summed E-state index contributed by atoms with van der Waals surface area (Å²) >= 11 is 1.37. The van der Waals surface area contributed by atoms with Gasteiger partial charge in [-0.1, -0.05) is 29.8 Å². The molecular formula is C21H18FN3O2S. The average molecular weight is 395 g/mol. The molecule has 0 aliphatic rings. The largest absolute Gasteiger partial charge is 0.273 e. The van der Waals surface area contributed by atoms with E-state index in [1.165, 1.54) is 29.5 Å². The highest BCUT2D eigenvalue weighted by atomic mass is 32.1. The van der Waals surface area contributed by atoms with Crippen LogP contribution in [0.25, 0.3) is 16.6 Å². The minimum atomic E-state index is -0.430. The highest BCUT2D eigenvalue weighted by molar-refractivity contribution is 7.13. The van der Waals surface area contributed by atoms with Gasteiger partial charge in [0.2, 0.25) is 5.91 Å². The number of hydrogen-bond acceptors (Lipinski definition) is 4. The Morgan fingerprint density at radius 1 is 1.14 bits per heavy atom. The van der Waals surface area contributed by atoms with Crippen molar-refractivity contribution >= 4 is 29.2 Å². The van der Waals surface area contributed by atoms with Crippen molar-refractivity contribution in [3.8, 4) is 10.6 Å². The van der Waals surface area contributed by atoms with Crippen molar-refractivity contribution in [2.45, 2.75) is 13.3 Å². The first-order chi connectivity index (χ1) is 13.5. The SMILES string of the molecule is Cc1cccc(/C=C/C(=O)NNC(=O)Cc2csc(-c3ccc(F)cc3)n2)c1. The monoisotopic (exact) mass is 395 g/mol. The van der Waals surface area contributed by atoms with Crippen LogP contribution in [0.1, 0.15) is 16.8 Å². The Morgan fingerprint density at radius 2 is 1.93 bits per heavy atom. The second kappa shape index (κ2) is 9.05. The van der Waals surface area contributed by atoms with Crippen LogP contribution in [0, 0.1) is 12.7 Å². The summed E-state index contributed by atoms with van der Waals surface area (Å²) < 4.78 is 13.0. The third kappa shape index (κ3) is 5.59. The number of rotatable bonds is 5. The quantitative estimate of drug-likeness (QED) is 0.512. The van der Waals surface area contributed by atoms with E-state index >= 15 is 0 Å². The minimum Gasteiger partial charge on any atom is -0.273 e. The van der Waals surface area contributed by atoms with E-state index in [-0.39, 0.29) is 18.1 Å². The van der Waals surface area contributed by atoms with Gasteiger partial charge in [-0.3, -0.25) is 20.4 Å². The average Bonchev–Trinajstić information content (AvgIpc) is 3.14. The molecular weight excluding hydrogens is 377 g/mol. The molecule has 3 aromatic rings. The zero-order valence-corrected chi connectivity index (χ0v) is 15.9. The predicted octanol–water partition coefficient (Wildman–Crippen LogP) is 3.66. The summed E-state index contributed by atoms with van der Waals surface area (Å²) in [6.45, 7) is 1.97. The van der Waals surface area contributed by atoms with Gasteiger partial charge in [-0.2, -0.15) is 0 Å². The number of thiazole rings is 1. The summed E-state index contributed by atoms with van der Waals surface area (Å²) in [5.74, 6) is -1.12. The Balaban J connectivity index is 1.49. The van der Waals surface area contributed by atoms with Crippen LogP contribution in [0.4, 0.5) is 4.39 Å². The van der Waals surface area contributed by atoms with Crippen LogP contribution in [-0.4, -0.2) is 16.8 Å². The highest BCUT2D eigenvalue weighted by Crippen LogP contribution is 2.24. The molecule has 0 spiro atoms. The van der Waals surface area contributed by atoms with E-state index in [0.29, 0.717) is 10.7 Å². The first kappa shape index (κ1) is 19.4. The van der Waals surface area contributed by atoms with Crippen LogP contribution in [0.15, 0.2) is 60.0 Å². The number of nitrogens with one attached hydrogen (secondary N) is 2. The molecule has 142 valence electrons. The van der Waals surface area contributed by atoms with Gasteiger partial charge in [0.05, 0.1) is 12.1 Å². The molecule has 0 aliphatic carbocycles. The molecule has 0 unspecified atom stereocenters.